The van der Waals surface area contributed by atoms with Crippen LogP contribution in [0.3, 0.4) is 0 Å². The summed E-state index contributed by atoms with van der Waals surface area (Å²) in [5, 5.41) is 4.74. The van der Waals surface area contributed by atoms with E-state index in [0.29, 0.717) is 18.5 Å². The van der Waals surface area contributed by atoms with Gasteiger partial charge in [0.1, 0.15) is 6.54 Å². The number of carbonyl (C=O) groups is 4. The highest BCUT2D eigenvalue weighted by Gasteiger charge is 2.47. The van der Waals surface area contributed by atoms with E-state index in [1.807, 2.05) is 48.6 Å². The molecular weight excluding hydrogens is 384 g/mol. The van der Waals surface area contributed by atoms with E-state index in [0.717, 1.165) is 15.7 Å². The third-order valence-corrected chi connectivity index (χ3v) is 5.58. The van der Waals surface area contributed by atoms with Crippen molar-refractivity contribution in [2.75, 3.05) is 11.9 Å². The molecule has 1 heterocycles. The maximum Gasteiger partial charge on any atom is 0.326 e. The zero-order chi connectivity index (χ0) is 21.3. The van der Waals surface area contributed by atoms with Crippen LogP contribution in [-0.2, 0) is 23.9 Å². The average Bonchev–Trinajstić information content (AvgIpc) is 2.98. The molecule has 0 unspecified atom stereocenters. The van der Waals surface area contributed by atoms with E-state index in [4.69, 9.17) is 4.74 Å². The second kappa shape index (κ2) is 8.10. The Bertz CT molecular complexity index is 1030. The van der Waals surface area contributed by atoms with Gasteiger partial charge in [-0.25, -0.2) is 0 Å². The van der Waals surface area contributed by atoms with Gasteiger partial charge in [0.25, 0.3) is 5.91 Å². The van der Waals surface area contributed by atoms with Crippen LogP contribution in [0.25, 0.3) is 10.8 Å². The van der Waals surface area contributed by atoms with E-state index in [-0.39, 0.29) is 11.8 Å². The molecule has 3 amide bonds. The van der Waals surface area contributed by atoms with Gasteiger partial charge in [-0.2, -0.15) is 0 Å². The quantitative estimate of drug-likeness (QED) is 0.468. The number of imide groups is 1. The molecule has 0 bridgehead atoms. The minimum Gasteiger partial charge on any atom is -0.451 e. The molecule has 2 aromatic carbocycles. The summed E-state index contributed by atoms with van der Waals surface area (Å²) in [5.41, 5.74) is 0.586. The average molecular weight is 406 g/mol. The van der Waals surface area contributed by atoms with Crippen molar-refractivity contribution in [3.05, 3.63) is 54.6 Å². The van der Waals surface area contributed by atoms with Crippen molar-refractivity contribution in [2.45, 2.75) is 25.9 Å². The van der Waals surface area contributed by atoms with Gasteiger partial charge in [-0.05, 0) is 42.7 Å². The molecular formula is C23H22N2O5. The Morgan fingerprint density at radius 3 is 2.33 bits per heavy atom. The van der Waals surface area contributed by atoms with Crippen LogP contribution in [-0.4, -0.2) is 41.2 Å². The number of rotatable bonds is 5. The summed E-state index contributed by atoms with van der Waals surface area (Å²) in [7, 11) is 0. The first kappa shape index (κ1) is 19.8. The zero-order valence-electron chi connectivity index (χ0n) is 16.5. The Kier molecular flexibility index (Phi) is 5.35. The second-order valence-corrected chi connectivity index (χ2v) is 7.60. The lowest BCUT2D eigenvalue weighted by Crippen LogP contribution is -2.39. The summed E-state index contributed by atoms with van der Waals surface area (Å²) in [6, 6.07) is 13.2. The molecule has 1 N–H and O–H groups in total. The molecule has 7 nitrogen and oxygen atoms in total. The van der Waals surface area contributed by atoms with Crippen molar-refractivity contribution in [1.29, 1.82) is 0 Å². The smallest absolute Gasteiger partial charge is 0.326 e. The van der Waals surface area contributed by atoms with E-state index in [1.54, 1.807) is 6.07 Å². The van der Waals surface area contributed by atoms with Gasteiger partial charge in [0.05, 0.1) is 11.8 Å². The molecule has 1 aliphatic carbocycles. The Morgan fingerprint density at radius 1 is 1.03 bits per heavy atom. The van der Waals surface area contributed by atoms with E-state index in [9.17, 15) is 19.2 Å². The fourth-order valence-electron chi connectivity index (χ4n) is 3.95. The van der Waals surface area contributed by atoms with E-state index in [1.165, 1.54) is 6.92 Å². The van der Waals surface area contributed by atoms with Crippen molar-refractivity contribution in [3.8, 4) is 0 Å². The van der Waals surface area contributed by atoms with Crippen LogP contribution in [0.15, 0.2) is 54.6 Å². The molecule has 0 aromatic heterocycles. The molecule has 0 spiro atoms. The van der Waals surface area contributed by atoms with Gasteiger partial charge >= 0.3 is 5.97 Å². The highest BCUT2D eigenvalue weighted by atomic mass is 16.5. The summed E-state index contributed by atoms with van der Waals surface area (Å²) in [4.78, 5) is 50.5. The Balaban J connectivity index is 1.34. The predicted molar refractivity (Wildman–Crippen MR) is 110 cm³/mol. The molecule has 0 radical (unpaired) electrons. The van der Waals surface area contributed by atoms with Crippen LogP contribution in [0, 0.1) is 11.8 Å². The third kappa shape index (κ3) is 3.83. The van der Waals surface area contributed by atoms with Crippen molar-refractivity contribution >= 4 is 40.2 Å². The van der Waals surface area contributed by atoms with Crippen molar-refractivity contribution < 1.29 is 23.9 Å². The highest BCUT2D eigenvalue weighted by Crippen LogP contribution is 2.34. The maximum absolute atomic E-state index is 12.4. The molecule has 2 aromatic rings. The predicted octanol–water partition coefficient (Wildman–Crippen LogP) is 2.66. The Morgan fingerprint density at radius 2 is 1.67 bits per heavy atom. The number of carbonyl (C=O) groups excluding carboxylic acids is 4. The molecule has 1 saturated heterocycles. The summed E-state index contributed by atoms with van der Waals surface area (Å²) in [6.07, 6.45) is 3.71. The Hall–Kier alpha value is -3.48. The molecule has 0 saturated carbocycles. The van der Waals surface area contributed by atoms with Gasteiger partial charge < -0.3 is 10.1 Å². The van der Waals surface area contributed by atoms with Crippen LogP contribution in [0.2, 0.25) is 0 Å². The fourth-order valence-corrected chi connectivity index (χ4v) is 3.95. The standard InChI is InChI=1S/C23H22N2O5/c1-14(21(27)24-17-11-10-15-6-2-3-7-16(15)12-17)30-20(26)13-25-22(28)18-8-4-5-9-19(18)23(25)29/h2-7,10-12,14,18-19H,8-9,13H2,1H3,(H,24,27)/t14-,18-,19-/m0/s1. The number of amides is 3. The lowest BCUT2D eigenvalue weighted by Gasteiger charge is -2.17. The van der Waals surface area contributed by atoms with Gasteiger partial charge in [-0.3, -0.25) is 24.1 Å². The number of allylic oxidation sites excluding steroid dienone is 2. The van der Waals surface area contributed by atoms with Crippen molar-refractivity contribution in [3.63, 3.8) is 0 Å². The zero-order valence-corrected chi connectivity index (χ0v) is 16.5. The number of hydrogen-bond donors (Lipinski definition) is 1. The molecule has 2 aliphatic rings. The molecule has 1 fully saturated rings. The normalized spacial score (nSPS) is 21.4. The lowest BCUT2D eigenvalue weighted by atomic mass is 9.85. The number of hydrogen-bond acceptors (Lipinski definition) is 5. The largest absolute Gasteiger partial charge is 0.451 e. The number of esters is 1. The number of nitrogens with one attached hydrogen (secondary N) is 1. The van der Waals surface area contributed by atoms with E-state index >= 15 is 0 Å². The molecule has 30 heavy (non-hydrogen) atoms. The van der Waals surface area contributed by atoms with Crippen molar-refractivity contribution in [1.82, 2.24) is 4.90 Å². The number of anilines is 1. The fraction of sp³-hybridized carbons (Fsp3) is 0.304. The van der Waals surface area contributed by atoms with Gasteiger partial charge in [-0.15, -0.1) is 0 Å². The summed E-state index contributed by atoms with van der Waals surface area (Å²) in [6.45, 7) is 0.976. The van der Waals surface area contributed by atoms with Gasteiger partial charge in [0, 0.05) is 5.69 Å². The first-order chi connectivity index (χ1) is 14.4. The number of likely N-dealkylation sites (tertiary alicyclic amines) is 1. The number of nitrogens with zero attached hydrogens (tertiary/aromatic N) is 1. The summed E-state index contributed by atoms with van der Waals surface area (Å²) >= 11 is 0. The number of fused-ring (bicyclic) bond motifs is 2. The van der Waals surface area contributed by atoms with Crippen molar-refractivity contribution in [2.24, 2.45) is 11.8 Å². The minimum atomic E-state index is -1.07. The van der Waals surface area contributed by atoms with E-state index < -0.39 is 36.4 Å². The lowest BCUT2D eigenvalue weighted by molar-refractivity contribution is -0.158. The Labute approximate surface area is 173 Å². The van der Waals surface area contributed by atoms with Crippen LogP contribution >= 0.6 is 0 Å². The highest BCUT2D eigenvalue weighted by molar-refractivity contribution is 6.07. The van der Waals surface area contributed by atoms with Crippen LogP contribution < -0.4 is 5.32 Å². The van der Waals surface area contributed by atoms with Gasteiger partial charge in [-0.1, -0.05) is 42.5 Å². The minimum absolute atomic E-state index is 0.348. The van der Waals surface area contributed by atoms with Crippen LogP contribution in [0.4, 0.5) is 5.69 Å². The maximum atomic E-state index is 12.4. The SMILES string of the molecule is C[C@H](OC(=O)CN1C(=O)[C@H]2CC=CC[C@@H]2C1=O)C(=O)Nc1ccc2ccccc2c1. The number of ether oxygens (including phenoxy) is 1. The van der Waals surface area contributed by atoms with E-state index in [2.05, 4.69) is 5.32 Å². The third-order valence-electron chi connectivity index (χ3n) is 5.58. The van der Waals surface area contributed by atoms with Crippen LogP contribution in [0.1, 0.15) is 19.8 Å². The number of benzene rings is 2. The topological polar surface area (TPSA) is 92.8 Å². The molecule has 3 atom stereocenters. The molecule has 154 valence electrons. The molecule has 1 aliphatic heterocycles. The first-order valence-electron chi connectivity index (χ1n) is 9.93. The van der Waals surface area contributed by atoms with Crippen LogP contribution in [0.5, 0.6) is 0 Å². The summed E-state index contributed by atoms with van der Waals surface area (Å²) < 4.78 is 5.17. The molecule has 4 rings (SSSR count). The second-order valence-electron chi connectivity index (χ2n) is 7.60. The van der Waals surface area contributed by atoms with Gasteiger partial charge in [0.2, 0.25) is 11.8 Å². The van der Waals surface area contributed by atoms with Gasteiger partial charge in [0.15, 0.2) is 6.10 Å². The summed E-state index contributed by atoms with van der Waals surface area (Å²) in [5.74, 6) is -2.77. The monoisotopic (exact) mass is 406 g/mol. The molecule has 7 heteroatoms. The first-order valence-corrected chi connectivity index (χ1v) is 9.93.